The summed E-state index contributed by atoms with van der Waals surface area (Å²) >= 11 is 5.50. The molecule has 96 valence electrons. The predicted molar refractivity (Wildman–Crippen MR) is 68.8 cm³/mol. The zero-order valence-corrected chi connectivity index (χ0v) is 11.8. The molecule has 0 saturated heterocycles. The summed E-state index contributed by atoms with van der Waals surface area (Å²) in [5, 5.41) is -0.233. The Morgan fingerprint density at radius 3 is 2.38 bits per heavy atom. The molecule has 0 aliphatic carbocycles. The zero-order chi connectivity index (χ0) is 12.6. The Kier molecular flexibility index (Phi) is 8.04. The van der Waals surface area contributed by atoms with Crippen molar-refractivity contribution >= 4 is 16.8 Å². The van der Waals surface area contributed by atoms with E-state index in [0.29, 0.717) is 5.92 Å². The number of unbranched alkanes of at least 4 members (excludes halogenated alkanes) is 2. The molecule has 2 nitrogen and oxygen atoms in total. The van der Waals surface area contributed by atoms with Gasteiger partial charge in [0.1, 0.15) is 0 Å². The molecular formula is C13H25ClO2. The molecule has 0 amide bonds. The predicted octanol–water partition coefficient (Wildman–Crippen LogP) is 4.01. The quantitative estimate of drug-likeness (QED) is 0.455. The molecule has 0 N–H and O–H groups in total. The fourth-order valence-corrected chi connectivity index (χ4v) is 1.46. The Morgan fingerprint density at radius 1 is 1.25 bits per heavy atom. The summed E-state index contributed by atoms with van der Waals surface area (Å²) in [5.41, 5.74) is -0.375. The minimum atomic E-state index is -0.375. The van der Waals surface area contributed by atoms with Gasteiger partial charge < -0.3 is 4.74 Å². The van der Waals surface area contributed by atoms with E-state index in [0.717, 1.165) is 38.9 Å². The van der Waals surface area contributed by atoms with Crippen LogP contribution in [0.4, 0.5) is 0 Å². The number of halogens is 1. The first-order valence-corrected chi connectivity index (χ1v) is 6.51. The smallest absolute Gasteiger partial charge is 0.227 e. The van der Waals surface area contributed by atoms with Crippen LogP contribution in [0, 0.1) is 11.3 Å². The second-order valence-corrected chi connectivity index (χ2v) is 5.78. The van der Waals surface area contributed by atoms with Crippen molar-refractivity contribution < 1.29 is 9.53 Å². The molecule has 0 heterocycles. The minimum absolute atomic E-state index is 0.233. The lowest BCUT2D eigenvalue weighted by Gasteiger charge is -2.18. The average molecular weight is 249 g/mol. The lowest BCUT2D eigenvalue weighted by molar-refractivity contribution is -0.119. The number of hydrogen-bond donors (Lipinski definition) is 0. The number of ether oxygens (including phenoxy) is 1. The third kappa shape index (κ3) is 8.12. The number of carbonyl (C=O) groups excluding carboxylic acids is 1. The summed E-state index contributed by atoms with van der Waals surface area (Å²) in [7, 11) is 0. The van der Waals surface area contributed by atoms with E-state index in [1.807, 2.05) is 13.8 Å². The molecule has 0 spiro atoms. The van der Waals surface area contributed by atoms with Crippen LogP contribution in [0.1, 0.15) is 53.4 Å². The van der Waals surface area contributed by atoms with Crippen LogP contribution in [-0.4, -0.2) is 18.5 Å². The van der Waals surface area contributed by atoms with Gasteiger partial charge in [0.05, 0.1) is 0 Å². The van der Waals surface area contributed by atoms with E-state index in [-0.39, 0.29) is 10.7 Å². The highest BCUT2D eigenvalue weighted by atomic mass is 35.5. The second-order valence-electron chi connectivity index (χ2n) is 5.44. The lowest BCUT2D eigenvalue weighted by Crippen LogP contribution is -2.19. The van der Waals surface area contributed by atoms with Gasteiger partial charge in [-0.1, -0.05) is 40.5 Å². The molecule has 0 radical (unpaired) electrons. The molecule has 0 aromatic heterocycles. The molecule has 0 unspecified atom stereocenters. The topological polar surface area (TPSA) is 26.3 Å². The first kappa shape index (κ1) is 15.9. The monoisotopic (exact) mass is 248 g/mol. The van der Waals surface area contributed by atoms with Crippen molar-refractivity contribution in [1.29, 1.82) is 0 Å². The van der Waals surface area contributed by atoms with E-state index in [9.17, 15) is 4.79 Å². The highest BCUT2D eigenvalue weighted by molar-refractivity contribution is 6.64. The fraction of sp³-hybridized carbons (Fsp3) is 0.923. The van der Waals surface area contributed by atoms with Crippen LogP contribution < -0.4 is 0 Å². The first-order chi connectivity index (χ1) is 7.36. The van der Waals surface area contributed by atoms with Gasteiger partial charge in [-0.05, 0) is 30.4 Å². The van der Waals surface area contributed by atoms with Crippen LogP contribution in [0.5, 0.6) is 0 Å². The van der Waals surface area contributed by atoms with E-state index in [1.165, 1.54) is 0 Å². The molecular weight excluding hydrogens is 224 g/mol. The molecule has 0 aliphatic heterocycles. The van der Waals surface area contributed by atoms with Gasteiger partial charge in [-0.25, -0.2) is 0 Å². The summed E-state index contributed by atoms with van der Waals surface area (Å²) < 4.78 is 5.48. The summed E-state index contributed by atoms with van der Waals surface area (Å²) in [6.45, 7) is 9.76. The lowest BCUT2D eigenvalue weighted by atomic mass is 9.88. The molecule has 3 heteroatoms. The van der Waals surface area contributed by atoms with E-state index in [1.54, 1.807) is 0 Å². The van der Waals surface area contributed by atoms with Crippen molar-refractivity contribution in [2.45, 2.75) is 53.4 Å². The van der Waals surface area contributed by atoms with E-state index < -0.39 is 0 Å². The Labute approximate surface area is 105 Å². The Morgan fingerprint density at radius 2 is 1.88 bits per heavy atom. The summed E-state index contributed by atoms with van der Waals surface area (Å²) in [5.74, 6) is 0.604. The van der Waals surface area contributed by atoms with Crippen LogP contribution in [0.2, 0.25) is 0 Å². The summed E-state index contributed by atoms with van der Waals surface area (Å²) in [6.07, 6.45) is 4.07. The van der Waals surface area contributed by atoms with Crippen molar-refractivity contribution in [2.24, 2.45) is 11.3 Å². The fourth-order valence-electron chi connectivity index (χ4n) is 1.37. The van der Waals surface area contributed by atoms with Crippen LogP contribution in [0.25, 0.3) is 0 Å². The van der Waals surface area contributed by atoms with Gasteiger partial charge >= 0.3 is 0 Å². The Balaban J connectivity index is 3.37. The third-order valence-corrected chi connectivity index (χ3v) is 3.09. The summed E-state index contributed by atoms with van der Waals surface area (Å²) in [4.78, 5) is 11.0. The van der Waals surface area contributed by atoms with Gasteiger partial charge in [0, 0.05) is 18.6 Å². The number of carbonyl (C=O) groups is 1. The van der Waals surface area contributed by atoms with Gasteiger partial charge in [0.15, 0.2) is 0 Å². The highest BCUT2D eigenvalue weighted by Gasteiger charge is 2.24. The summed E-state index contributed by atoms with van der Waals surface area (Å²) in [6, 6.07) is 0. The molecule has 0 saturated carbocycles. The maximum atomic E-state index is 11.0. The first-order valence-electron chi connectivity index (χ1n) is 6.14. The molecule has 0 aliphatic rings. The standard InChI is InChI=1S/C13H25ClO2/c1-11(2)10-16-9-7-5-6-8-13(3,4)12(14)15/h11H,5-10H2,1-4H3. The molecule has 0 atom stereocenters. The van der Waals surface area contributed by atoms with Crippen molar-refractivity contribution in [3.63, 3.8) is 0 Å². The second kappa shape index (κ2) is 8.08. The maximum Gasteiger partial charge on any atom is 0.227 e. The van der Waals surface area contributed by atoms with Crippen molar-refractivity contribution in [1.82, 2.24) is 0 Å². The Hall–Kier alpha value is -0.0800. The van der Waals surface area contributed by atoms with Gasteiger partial charge in [0.2, 0.25) is 5.24 Å². The van der Waals surface area contributed by atoms with Crippen molar-refractivity contribution in [2.75, 3.05) is 13.2 Å². The van der Waals surface area contributed by atoms with E-state index in [2.05, 4.69) is 13.8 Å². The number of hydrogen-bond acceptors (Lipinski definition) is 2. The van der Waals surface area contributed by atoms with Crippen LogP contribution >= 0.6 is 11.6 Å². The van der Waals surface area contributed by atoms with Gasteiger partial charge in [-0.2, -0.15) is 0 Å². The maximum absolute atomic E-state index is 11.0. The van der Waals surface area contributed by atoms with Gasteiger partial charge in [-0.15, -0.1) is 0 Å². The van der Waals surface area contributed by atoms with E-state index >= 15 is 0 Å². The van der Waals surface area contributed by atoms with E-state index in [4.69, 9.17) is 16.3 Å². The average Bonchev–Trinajstić information content (AvgIpc) is 2.15. The molecule has 0 aromatic carbocycles. The zero-order valence-electron chi connectivity index (χ0n) is 11.0. The van der Waals surface area contributed by atoms with Crippen LogP contribution in [-0.2, 0) is 9.53 Å². The van der Waals surface area contributed by atoms with Crippen LogP contribution in [0.3, 0.4) is 0 Å². The minimum Gasteiger partial charge on any atom is -0.381 e. The Bertz CT molecular complexity index is 200. The van der Waals surface area contributed by atoms with Gasteiger partial charge in [-0.3, -0.25) is 4.79 Å². The molecule has 0 rings (SSSR count). The van der Waals surface area contributed by atoms with Crippen molar-refractivity contribution in [3.05, 3.63) is 0 Å². The third-order valence-electron chi connectivity index (χ3n) is 2.57. The highest BCUT2D eigenvalue weighted by Crippen LogP contribution is 2.26. The van der Waals surface area contributed by atoms with Gasteiger partial charge in [0.25, 0.3) is 0 Å². The molecule has 0 fully saturated rings. The number of rotatable bonds is 9. The van der Waals surface area contributed by atoms with Crippen LogP contribution in [0.15, 0.2) is 0 Å². The normalized spacial score (nSPS) is 12.1. The SMILES string of the molecule is CC(C)COCCCCCC(C)(C)C(=O)Cl. The molecule has 16 heavy (non-hydrogen) atoms. The molecule has 0 aromatic rings. The van der Waals surface area contributed by atoms with Crippen molar-refractivity contribution in [3.8, 4) is 0 Å². The largest absolute Gasteiger partial charge is 0.381 e. The molecule has 0 bridgehead atoms.